The van der Waals surface area contributed by atoms with Crippen molar-refractivity contribution in [2.24, 2.45) is 0 Å². The van der Waals surface area contributed by atoms with E-state index in [4.69, 9.17) is 4.74 Å². The van der Waals surface area contributed by atoms with Gasteiger partial charge in [-0.05, 0) is 55.3 Å². The van der Waals surface area contributed by atoms with Crippen LogP contribution in [0.25, 0.3) is 5.57 Å². The van der Waals surface area contributed by atoms with Crippen molar-refractivity contribution in [3.05, 3.63) is 59.5 Å². The molecule has 0 aliphatic carbocycles. The molecule has 1 aliphatic rings. The molecule has 0 radical (unpaired) electrons. The molecule has 0 saturated carbocycles. The molecule has 0 fully saturated rings. The van der Waals surface area contributed by atoms with Gasteiger partial charge in [-0.3, -0.25) is 4.79 Å². The summed E-state index contributed by atoms with van der Waals surface area (Å²) >= 11 is 0. The Morgan fingerprint density at radius 1 is 1.26 bits per heavy atom. The van der Waals surface area contributed by atoms with Crippen LogP contribution in [0.3, 0.4) is 0 Å². The second kappa shape index (κ2) is 8.22. The number of rotatable bonds is 7. The van der Waals surface area contributed by atoms with Gasteiger partial charge in [0, 0.05) is 36.3 Å². The third-order valence-electron chi connectivity index (χ3n) is 4.59. The number of nitrogens with one attached hydrogen (secondary N) is 3. The van der Waals surface area contributed by atoms with Gasteiger partial charge in [0.15, 0.2) is 0 Å². The van der Waals surface area contributed by atoms with Crippen LogP contribution in [0.1, 0.15) is 24.5 Å². The Labute approximate surface area is 158 Å². The minimum absolute atomic E-state index is 0.247. The molecule has 0 saturated heterocycles. The zero-order chi connectivity index (χ0) is 19.4. The Balaban J connectivity index is 1.75. The highest BCUT2D eigenvalue weighted by Crippen LogP contribution is 2.32. The SMILES string of the molecule is CCC(COC)Nc1ccc(NC=C2C(=O)Nc3cc(F)ccc32)cc1C. The largest absolute Gasteiger partial charge is 0.383 e. The van der Waals surface area contributed by atoms with Gasteiger partial charge in [-0.15, -0.1) is 0 Å². The Morgan fingerprint density at radius 3 is 2.78 bits per heavy atom. The van der Waals surface area contributed by atoms with Crippen LogP contribution in [-0.4, -0.2) is 25.7 Å². The number of amides is 1. The zero-order valence-electron chi connectivity index (χ0n) is 15.7. The van der Waals surface area contributed by atoms with E-state index in [0.717, 1.165) is 23.4 Å². The molecule has 3 rings (SSSR count). The zero-order valence-corrected chi connectivity index (χ0v) is 15.7. The van der Waals surface area contributed by atoms with Crippen molar-refractivity contribution in [2.45, 2.75) is 26.3 Å². The van der Waals surface area contributed by atoms with Gasteiger partial charge in [0.2, 0.25) is 0 Å². The standard InChI is InChI=1S/C21H24FN3O2/c1-4-15(12-27-3)24-19-8-6-16(9-13(19)2)23-11-18-17-7-5-14(22)10-20(17)25-21(18)26/h5-11,15,23-24H,4,12H2,1-3H3,(H,25,26). The number of carbonyl (C=O) groups excluding carboxylic acids is 1. The highest BCUT2D eigenvalue weighted by Gasteiger charge is 2.24. The monoisotopic (exact) mass is 369 g/mol. The first kappa shape index (κ1) is 18.9. The molecule has 0 bridgehead atoms. The van der Waals surface area contributed by atoms with Crippen molar-refractivity contribution < 1.29 is 13.9 Å². The molecule has 2 aromatic rings. The van der Waals surface area contributed by atoms with Crippen LogP contribution in [-0.2, 0) is 9.53 Å². The number of anilines is 3. The lowest BCUT2D eigenvalue weighted by Gasteiger charge is -2.19. The number of hydrogen-bond donors (Lipinski definition) is 3. The highest BCUT2D eigenvalue weighted by molar-refractivity contribution is 6.31. The number of hydrogen-bond acceptors (Lipinski definition) is 4. The lowest BCUT2D eigenvalue weighted by atomic mass is 10.1. The van der Waals surface area contributed by atoms with Crippen LogP contribution in [0.4, 0.5) is 21.5 Å². The maximum atomic E-state index is 13.3. The van der Waals surface area contributed by atoms with E-state index >= 15 is 0 Å². The minimum atomic E-state index is -0.374. The number of benzene rings is 2. The number of methoxy groups -OCH3 is 1. The second-order valence-corrected chi connectivity index (χ2v) is 6.58. The summed E-state index contributed by atoms with van der Waals surface area (Å²) in [5, 5.41) is 9.32. The van der Waals surface area contributed by atoms with Crippen LogP contribution in [0, 0.1) is 12.7 Å². The van der Waals surface area contributed by atoms with Gasteiger partial charge in [-0.2, -0.15) is 0 Å². The average molecular weight is 369 g/mol. The third-order valence-corrected chi connectivity index (χ3v) is 4.59. The summed E-state index contributed by atoms with van der Waals surface area (Å²) in [6, 6.07) is 10.5. The molecule has 1 aliphatic heterocycles. The van der Waals surface area contributed by atoms with E-state index < -0.39 is 0 Å². The first-order valence-electron chi connectivity index (χ1n) is 8.96. The molecule has 142 valence electrons. The van der Waals surface area contributed by atoms with Crippen LogP contribution in [0.15, 0.2) is 42.6 Å². The molecule has 27 heavy (non-hydrogen) atoms. The van der Waals surface area contributed by atoms with Gasteiger partial charge in [0.1, 0.15) is 5.82 Å². The minimum Gasteiger partial charge on any atom is -0.383 e. The maximum absolute atomic E-state index is 13.3. The lowest BCUT2D eigenvalue weighted by molar-refractivity contribution is -0.110. The van der Waals surface area contributed by atoms with Gasteiger partial charge in [0.05, 0.1) is 17.9 Å². The van der Waals surface area contributed by atoms with E-state index in [1.54, 1.807) is 19.4 Å². The fraction of sp³-hybridized carbons (Fsp3) is 0.286. The van der Waals surface area contributed by atoms with Crippen molar-refractivity contribution in [3.8, 4) is 0 Å². The molecule has 1 unspecified atom stereocenters. The van der Waals surface area contributed by atoms with E-state index in [0.29, 0.717) is 23.4 Å². The van der Waals surface area contributed by atoms with Crippen molar-refractivity contribution in [3.63, 3.8) is 0 Å². The van der Waals surface area contributed by atoms with Gasteiger partial charge < -0.3 is 20.7 Å². The highest BCUT2D eigenvalue weighted by atomic mass is 19.1. The van der Waals surface area contributed by atoms with Gasteiger partial charge in [-0.1, -0.05) is 6.92 Å². The average Bonchev–Trinajstić information content (AvgIpc) is 2.95. The summed E-state index contributed by atoms with van der Waals surface area (Å²) in [5.74, 6) is -0.621. The molecule has 1 amide bonds. The quantitative estimate of drug-likeness (QED) is 0.634. The number of ether oxygens (including phenoxy) is 1. The van der Waals surface area contributed by atoms with E-state index in [-0.39, 0.29) is 17.8 Å². The van der Waals surface area contributed by atoms with Gasteiger partial charge in [-0.25, -0.2) is 4.39 Å². The lowest BCUT2D eigenvalue weighted by Crippen LogP contribution is -2.24. The second-order valence-electron chi connectivity index (χ2n) is 6.58. The maximum Gasteiger partial charge on any atom is 0.257 e. The molecule has 0 aromatic heterocycles. The number of aryl methyl sites for hydroxylation is 1. The fourth-order valence-corrected chi connectivity index (χ4v) is 3.06. The summed E-state index contributed by atoms with van der Waals surface area (Å²) < 4.78 is 18.5. The molecule has 5 nitrogen and oxygen atoms in total. The van der Waals surface area contributed by atoms with Crippen LogP contribution < -0.4 is 16.0 Å². The smallest absolute Gasteiger partial charge is 0.257 e. The van der Waals surface area contributed by atoms with E-state index in [2.05, 4.69) is 22.9 Å². The predicted octanol–water partition coefficient (Wildman–Crippen LogP) is 4.38. The van der Waals surface area contributed by atoms with E-state index in [9.17, 15) is 9.18 Å². The molecule has 2 aromatic carbocycles. The molecular formula is C21H24FN3O2. The first-order valence-corrected chi connectivity index (χ1v) is 8.96. The first-order chi connectivity index (χ1) is 13.0. The van der Waals surface area contributed by atoms with E-state index in [1.165, 1.54) is 12.1 Å². The summed E-state index contributed by atoms with van der Waals surface area (Å²) in [5.41, 5.74) is 4.68. The van der Waals surface area contributed by atoms with Crippen LogP contribution in [0.2, 0.25) is 0 Å². The molecular weight excluding hydrogens is 345 g/mol. The molecule has 3 N–H and O–H groups in total. The van der Waals surface area contributed by atoms with Crippen molar-refractivity contribution in [2.75, 3.05) is 29.7 Å². The van der Waals surface area contributed by atoms with Crippen molar-refractivity contribution in [1.82, 2.24) is 0 Å². The summed E-state index contributed by atoms with van der Waals surface area (Å²) in [6.07, 6.45) is 2.62. The molecule has 0 spiro atoms. The van der Waals surface area contributed by atoms with Crippen molar-refractivity contribution in [1.29, 1.82) is 0 Å². The van der Waals surface area contributed by atoms with Gasteiger partial charge >= 0.3 is 0 Å². The number of carbonyl (C=O) groups is 1. The normalized spacial score (nSPS) is 15.4. The van der Waals surface area contributed by atoms with Crippen LogP contribution in [0.5, 0.6) is 0 Å². The van der Waals surface area contributed by atoms with Crippen molar-refractivity contribution >= 4 is 28.5 Å². The van der Waals surface area contributed by atoms with E-state index in [1.807, 2.05) is 25.1 Å². The molecule has 1 heterocycles. The summed E-state index contributed by atoms with van der Waals surface area (Å²) in [7, 11) is 1.70. The predicted molar refractivity (Wildman–Crippen MR) is 107 cm³/mol. The topological polar surface area (TPSA) is 62.4 Å². The fourth-order valence-electron chi connectivity index (χ4n) is 3.06. The summed E-state index contributed by atoms with van der Waals surface area (Å²) in [6.45, 7) is 4.79. The van der Waals surface area contributed by atoms with Crippen LogP contribution >= 0.6 is 0 Å². The number of halogens is 1. The molecule has 1 atom stereocenters. The Bertz CT molecular complexity index is 880. The Hall–Kier alpha value is -2.86. The van der Waals surface area contributed by atoms with Gasteiger partial charge in [0.25, 0.3) is 5.91 Å². The molecule has 6 heteroatoms. The Kier molecular flexibility index (Phi) is 5.76. The third kappa shape index (κ3) is 4.28. The summed E-state index contributed by atoms with van der Waals surface area (Å²) in [4.78, 5) is 12.1. The number of fused-ring (bicyclic) bond motifs is 1. The Morgan fingerprint density at radius 2 is 2.07 bits per heavy atom.